The van der Waals surface area contributed by atoms with Crippen molar-refractivity contribution in [3.05, 3.63) is 29.3 Å². The van der Waals surface area contributed by atoms with E-state index in [9.17, 15) is 0 Å². The fourth-order valence-corrected chi connectivity index (χ4v) is 2.53. The molecule has 0 amide bonds. The summed E-state index contributed by atoms with van der Waals surface area (Å²) in [6.45, 7) is 5.71. The zero-order valence-electron chi connectivity index (χ0n) is 10.7. The average molecular weight is 269 g/mol. The molecule has 0 spiro atoms. The molecule has 0 radical (unpaired) electrons. The monoisotopic (exact) mass is 268 g/mol. The lowest BCUT2D eigenvalue weighted by Gasteiger charge is -2.36. The van der Waals surface area contributed by atoms with Gasteiger partial charge in [0, 0.05) is 43.5 Å². The van der Waals surface area contributed by atoms with Gasteiger partial charge in [-0.25, -0.2) is 0 Å². The number of unbranched alkanes of at least 4 members (excludes halogenated alkanes) is 1. The van der Waals surface area contributed by atoms with Gasteiger partial charge in [-0.2, -0.15) is 0 Å². The largest absolute Gasteiger partial charge is 0.396 e. The lowest BCUT2D eigenvalue weighted by molar-refractivity contribution is 0.232. The predicted octanol–water partition coefficient (Wildman–Crippen LogP) is 2.23. The molecule has 0 aliphatic carbocycles. The van der Waals surface area contributed by atoms with Crippen molar-refractivity contribution in [2.24, 2.45) is 0 Å². The van der Waals surface area contributed by atoms with Crippen LogP contribution in [0.2, 0.25) is 5.02 Å². The summed E-state index contributed by atoms with van der Waals surface area (Å²) in [6.07, 6.45) is 2.00. The molecule has 1 aromatic carbocycles. The van der Waals surface area contributed by atoms with Crippen LogP contribution >= 0.6 is 11.6 Å². The second-order valence-electron chi connectivity index (χ2n) is 4.74. The Morgan fingerprint density at radius 3 is 2.56 bits per heavy atom. The highest BCUT2D eigenvalue weighted by molar-refractivity contribution is 6.30. The molecule has 1 aliphatic rings. The van der Waals surface area contributed by atoms with Crippen molar-refractivity contribution in [3.63, 3.8) is 0 Å². The van der Waals surface area contributed by atoms with Crippen molar-refractivity contribution in [1.82, 2.24) is 4.90 Å². The average Bonchev–Trinajstić information content (AvgIpc) is 2.40. The van der Waals surface area contributed by atoms with Gasteiger partial charge in [0.25, 0.3) is 0 Å². The summed E-state index contributed by atoms with van der Waals surface area (Å²) in [4.78, 5) is 4.85. The minimum Gasteiger partial charge on any atom is -0.396 e. The lowest BCUT2D eigenvalue weighted by Crippen LogP contribution is -2.46. The summed E-state index contributed by atoms with van der Waals surface area (Å²) in [5.74, 6) is 0. The molecule has 1 saturated heterocycles. The van der Waals surface area contributed by atoms with Crippen LogP contribution in [0, 0.1) is 0 Å². The molecule has 100 valence electrons. The van der Waals surface area contributed by atoms with Crippen LogP contribution in [-0.2, 0) is 0 Å². The van der Waals surface area contributed by atoms with Gasteiger partial charge >= 0.3 is 0 Å². The Kier molecular flexibility index (Phi) is 5.29. The quantitative estimate of drug-likeness (QED) is 0.830. The normalized spacial score (nSPS) is 17.1. The summed E-state index contributed by atoms with van der Waals surface area (Å²) in [5.41, 5.74) is 1.22. The zero-order chi connectivity index (χ0) is 12.8. The summed E-state index contributed by atoms with van der Waals surface area (Å²) in [5, 5.41) is 9.58. The van der Waals surface area contributed by atoms with E-state index in [4.69, 9.17) is 16.7 Å². The third kappa shape index (κ3) is 3.87. The lowest BCUT2D eigenvalue weighted by atomic mass is 10.2. The highest BCUT2D eigenvalue weighted by Crippen LogP contribution is 2.20. The number of halogens is 1. The molecule has 1 heterocycles. The molecular formula is C14H21ClN2O. The predicted molar refractivity (Wildman–Crippen MR) is 76.4 cm³/mol. The van der Waals surface area contributed by atoms with E-state index in [-0.39, 0.29) is 0 Å². The van der Waals surface area contributed by atoms with Crippen molar-refractivity contribution in [2.45, 2.75) is 12.8 Å². The SMILES string of the molecule is OCCCCN1CCN(c2cccc(Cl)c2)CC1. The minimum atomic E-state index is 0.308. The summed E-state index contributed by atoms with van der Waals surface area (Å²) in [7, 11) is 0. The second kappa shape index (κ2) is 6.98. The number of piperazine rings is 1. The van der Waals surface area contributed by atoms with Crippen LogP contribution in [0.1, 0.15) is 12.8 Å². The van der Waals surface area contributed by atoms with E-state index in [1.165, 1.54) is 5.69 Å². The molecule has 2 rings (SSSR count). The molecule has 0 bridgehead atoms. The van der Waals surface area contributed by atoms with Gasteiger partial charge in [0.05, 0.1) is 0 Å². The fraction of sp³-hybridized carbons (Fsp3) is 0.571. The van der Waals surface area contributed by atoms with Crippen molar-refractivity contribution >= 4 is 17.3 Å². The Labute approximate surface area is 114 Å². The number of benzene rings is 1. The number of aliphatic hydroxyl groups is 1. The highest BCUT2D eigenvalue weighted by Gasteiger charge is 2.16. The van der Waals surface area contributed by atoms with E-state index < -0.39 is 0 Å². The number of nitrogens with zero attached hydrogens (tertiary/aromatic N) is 2. The summed E-state index contributed by atoms with van der Waals surface area (Å²) >= 11 is 6.02. The van der Waals surface area contributed by atoms with Gasteiger partial charge in [0.1, 0.15) is 0 Å². The molecule has 4 heteroatoms. The van der Waals surface area contributed by atoms with Gasteiger partial charge in [-0.05, 0) is 37.6 Å². The smallest absolute Gasteiger partial charge is 0.0431 e. The molecule has 1 aliphatic heterocycles. The number of aliphatic hydroxyl groups excluding tert-OH is 1. The minimum absolute atomic E-state index is 0.308. The van der Waals surface area contributed by atoms with Crippen LogP contribution in [0.15, 0.2) is 24.3 Å². The third-order valence-electron chi connectivity index (χ3n) is 3.43. The number of rotatable bonds is 5. The molecule has 0 unspecified atom stereocenters. The number of anilines is 1. The van der Waals surface area contributed by atoms with Gasteiger partial charge in [0.15, 0.2) is 0 Å². The van der Waals surface area contributed by atoms with Crippen LogP contribution in [-0.4, -0.2) is 49.3 Å². The highest BCUT2D eigenvalue weighted by atomic mass is 35.5. The van der Waals surface area contributed by atoms with Gasteiger partial charge < -0.3 is 10.0 Å². The van der Waals surface area contributed by atoms with E-state index in [1.807, 2.05) is 18.2 Å². The van der Waals surface area contributed by atoms with Crippen LogP contribution in [0.3, 0.4) is 0 Å². The first-order chi connectivity index (χ1) is 8.79. The Bertz CT molecular complexity index is 365. The van der Waals surface area contributed by atoms with E-state index >= 15 is 0 Å². The van der Waals surface area contributed by atoms with Crippen LogP contribution in [0.4, 0.5) is 5.69 Å². The molecule has 0 aromatic heterocycles. The molecule has 1 N–H and O–H groups in total. The molecule has 18 heavy (non-hydrogen) atoms. The molecule has 0 saturated carbocycles. The van der Waals surface area contributed by atoms with Crippen LogP contribution < -0.4 is 4.90 Å². The van der Waals surface area contributed by atoms with Crippen LogP contribution in [0.25, 0.3) is 0 Å². The first-order valence-electron chi connectivity index (χ1n) is 6.63. The summed E-state index contributed by atoms with van der Waals surface area (Å²) < 4.78 is 0. The molecule has 1 aromatic rings. The topological polar surface area (TPSA) is 26.7 Å². The Morgan fingerprint density at radius 2 is 1.89 bits per heavy atom. The van der Waals surface area contributed by atoms with Crippen molar-refractivity contribution < 1.29 is 5.11 Å². The number of hydrogen-bond acceptors (Lipinski definition) is 3. The van der Waals surface area contributed by atoms with E-state index in [1.54, 1.807) is 0 Å². The van der Waals surface area contributed by atoms with E-state index in [0.717, 1.165) is 50.6 Å². The maximum absolute atomic E-state index is 8.77. The first kappa shape index (κ1) is 13.7. The summed E-state index contributed by atoms with van der Waals surface area (Å²) in [6, 6.07) is 8.07. The van der Waals surface area contributed by atoms with Gasteiger partial charge in [-0.1, -0.05) is 17.7 Å². The second-order valence-corrected chi connectivity index (χ2v) is 5.18. The fourth-order valence-electron chi connectivity index (χ4n) is 2.35. The van der Waals surface area contributed by atoms with Gasteiger partial charge in [-0.3, -0.25) is 4.90 Å². The molecule has 1 fully saturated rings. The van der Waals surface area contributed by atoms with Crippen molar-refractivity contribution in [3.8, 4) is 0 Å². The Morgan fingerprint density at radius 1 is 1.11 bits per heavy atom. The Balaban J connectivity index is 1.79. The van der Waals surface area contributed by atoms with Gasteiger partial charge in [0.2, 0.25) is 0 Å². The zero-order valence-corrected chi connectivity index (χ0v) is 11.4. The van der Waals surface area contributed by atoms with Gasteiger partial charge in [-0.15, -0.1) is 0 Å². The maximum atomic E-state index is 8.77. The van der Waals surface area contributed by atoms with Crippen molar-refractivity contribution in [1.29, 1.82) is 0 Å². The molecule has 3 nitrogen and oxygen atoms in total. The van der Waals surface area contributed by atoms with E-state index in [2.05, 4.69) is 15.9 Å². The molecular weight excluding hydrogens is 248 g/mol. The first-order valence-corrected chi connectivity index (χ1v) is 7.01. The van der Waals surface area contributed by atoms with E-state index in [0.29, 0.717) is 6.61 Å². The van der Waals surface area contributed by atoms with Crippen LogP contribution in [0.5, 0.6) is 0 Å². The third-order valence-corrected chi connectivity index (χ3v) is 3.66. The number of hydrogen-bond donors (Lipinski definition) is 1. The Hall–Kier alpha value is -0.770. The molecule has 0 atom stereocenters. The standard InChI is InChI=1S/C14H21ClN2O/c15-13-4-3-5-14(12-13)17-9-7-16(8-10-17)6-1-2-11-18/h3-5,12,18H,1-2,6-11H2. The van der Waals surface area contributed by atoms with Crippen molar-refractivity contribution in [2.75, 3.05) is 44.2 Å². The maximum Gasteiger partial charge on any atom is 0.0431 e.